The van der Waals surface area contributed by atoms with E-state index in [1.54, 1.807) is 6.21 Å². The van der Waals surface area contributed by atoms with Gasteiger partial charge in [0.25, 0.3) is 0 Å². The number of rotatable bonds is 6. The third-order valence-corrected chi connectivity index (χ3v) is 6.53. The molecule has 0 aliphatic carbocycles. The molecule has 0 saturated heterocycles. The number of aromatic nitrogens is 2. The van der Waals surface area contributed by atoms with Crippen molar-refractivity contribution < 1.29 is 0 Å². The summed E-state index contributed by atoms with van der Waals surface area (Å²) in [6, 6.07) is 24.1. The maximum absolute atomic E-state index is 4.81. The van der Waals surface area contributed by atoms with E-state index in [0.29, 0.717) is 11.8 Å². The van der Waals surface area contributed by atoms with Gasteiger partial charge in [0.1, 0.15) is 5.82 Å². The van der Waals surface area contributed by atoms with Crippen LogP contribution in [0.2, 0.25) is 0 Å². The van der Waals surface area contributed by atoms with E-state index in [2.05, 4.69) is 110 Å². The van der Waals surface area contributed by atoms with Crippen LogP contribution in [0.15, 0.2) is 84.1 Å². The van der Waals surface area contributed by atoms with Crippen LogP contribution in [0.1, 0.15) is 61.8 Å². The Balaban J connectivity index is 1.52. The summed E-state index contributed by atoms with van der Waals surface area (Å²) < 4.78 is 4.32. The van der Waals surface area contributed by atoms with Gasteiger partial charge in [-0.3, -0.25) is 4.57 Å². The van der Waals surface area contributed by atoms with Crippen LogP contribution >= 0.6 is 0 Å². The van der Waals surface area contributed by atoms with E-state index < -0.39 is 0 Å². The van der Waals surface area contributed by atoms with Crippen LogP contribution in [0.4, 0.5) is 0 Å². The van der Waals surface area contributed by atoms with E-state index in [9.17, 15) is 0 Å². The molecule has 35 heavy (non-hydrogen) atoms. The third-order valence-electron chi connectivity index (χ3n) is 6.53. The first-order valence-electron chi connectivity index (χ1n) is 12.3. The van der Waals surface area contributed by atoms with Gasteiger partial charge in [-0.2, -0.15) is 17.7 Å². The summed E-state index contributed by atoms with van der Waals surface area (Å²) in [5.74, 6) is 1.83. The fraction of sp³-hybridized carbons (Fsp3) is 0.226. The van der Waals surface area contributed by atoms with Crippen LogP contribution < -0.4 is 9.93 Å². The Morgan fingerprint density at radius 3 is 2.43 bits per heavy atom. The van der Waals surface area contributed by atoms with Gasteiger partial charge in [0.2, 0.25) is 0 Å². The Kier molecular flexibility index (Phi) is 6.37. The van der Waals surface area contributed by atoms with Crippen molar-refractivity contribution in [2.45, 2.75) is 46.0 Å². The lowest BCUT2D eigenvalue weighted by Crippen LogP contribution is -2.22. The second-order valence-corrected chi connectivity index (χ2v) is 9.73. The van der Waals surface area contributed by atoms with E-state index in [4.69, 9.17) is 4.98 Å². The zero-order chi connectivity index (χ0) is 24.4. The highest BCUT2D eigenvalue weighted by molar-refractivity contribution is 5.70. The molecule has 0 radical (unpaired) electrons. The predicted octanol–water partition coefficient (Wildman–Crippen LogP) is 6.23. The first-order valence-corrected chi connectivity index (χ1v) is 12.3. The van der Waals surface area contributed by atoms with E-state index in [1.165, 1.54) is 27.9 Å². The summed E-state index contributed by atoms with van der Waals surface area (Å²) in [7, 11) is 0. The maximum atomic E-state index is 4.81. The average Bonchev–Trinajstić information content (AvgIpc) is 3.56. The Hall–Kier alpha value is -3.92. The zero-order valence-corrected chi connectivity index (χ0v) is 20.9. The molecule has 0 amide bonds. The van der Waals surface area contributed by atoms with Crippen molar-refractivity contribution in [1.82, 2.24) is 14.1 Å². The maximum Gasteiger partial charge on any atom is 0.144 e. The van der Waals surface area contributed by atoms with Gasteiger partial charge >= 0.3 is 0 Å². The molecular weight excluding hydrogens is 428 g/mol. The van der Waals surface area contributed by atoms with E-state index >= 15 is 0 Å². The molecule has 1 aliphatic heterocycles. The molecule has 0 atom stereocenters. The zero-order valence-electron chi connectivity index (χ0n) is 20.9. The van der Waals surface area contributed by atoms with Crippen molar-refractivity contribution in [3.8, 4) is 17.1 Å². The van der Waals surface area contributed by atoms with Gasteiger partial charge < -0.3 is 4.58 Å². The smallest absolute Gasteiger partial charge is 0.144 e. The second-order valence-electron chi connectivity index (χ2n) is 9.73. The first-order chi connectivity index (χ1) is 17.0. The molecule has 1 aliphatic rings. The molecule has 2 heterocycles. The molecule has 178 valence electrons. The summed E-state index contributed by atoms with van der Waals surface area (Å²) in [6.07, 6.45) is 6.68. The van der Waals surface area contributed by atoms with Crippen LogP contribution in [0.5, 0.6) is 0 Å². The molecule has 0 unspecified atom stereocenters. The van der Waals surface area contributed by atoms with Gasteiger partial charge in [-0.25, -0.2) is 27.5 Å². The molecule has 3 aromatic carbocycles. The molecule has 0 bridgehead atoms. The summed E-state index contributed by atoms with van der Waals surface area (Å²) in [5.41, 5.74) is 7.63. The topological polar surface area (TPSA) is 33.2 Å². The SMILES string of the molecule is CC(C)c1cccc(C(C)C)c1-n1ccnc1-c1cccc(Cc2cc(=[N+]3[CH-]C=N[CH-]3)cc[cH-]2)c1. The van der Waals surface area contributed by atoms with Gasteiger partial charge in [-0.15, -0.1) is 0 Å². The monoisotopic (exact) mass is 460 g/mol. The number of para-hydroxylation sites is 1. The molecule has 4 aromatic rings. The number of benzene rings is 3. The normalized spacial score (nSPS) is 14.5. The Morgan fingerprint density at radius 1 is 0.943 bits per heavy atom. The number of hydrogen-bond donors (Lipinski definition) is 0. The molecule has 0 spiro atoms. The van der Waals surface area contributed by atoms with E-state index in [-0.39, 0.29) is 0 Å². The van der Waals surface area contributed by atoms with E-state index in [1.807, 2.05) is 24.0 Å². The summed E-state index contributed by atoms with van der Waals surface area (Å²) in [5, 5.41) is 1.12. The van der Waals surface area contributed by atoms with Crippen molar-refractivity contribution in [3.05, 3.63) is 120 Å². The largest absolute Gasteiger partial charge is 0.537 e. The highest BCUT2D eigenvalue weighted by Crippen LogP contribution is 2.34. The molecule has 5 rings (SSSR count). The first kappa shape index (κ1) is 22.9. The second kappa shape index (κ2) is 9.75. The highest BCUT2D eigenvalue weighted by Gasteiger charge is 2.18. The average molecular weight is 461 g/mol. The minimum absolute atomic E-state index is 0.424. The Labute approximate surface area is 208 Å². The minimum Gasteiger partial charge on any atom is -0.537 e. The van der Waals surface area contributed by atoms with Crippen molar-refractivity contribution in [2.24, 2.45) is 4.99 Å². The quantitative estimate of drug-likeness (QED) is 0.248. The molecule has 4 heteroatoms. The highest BCUT2D eigenvalue weighted by atomic mass is 15.1. The Morgan fingerprint density at radius 2 is 1.71 bits per heavy atom. The summed E-state index contributed by atoms with van der Waals surface area (Å²) >= 11 is 0. The number of imidazole rings is 1. The molecular formula is C31H32N4-2. The summed E-state index contributed by atoms with van der Waals surface area (Å²) in [6.45, 7) is 12.9. The minimum atomic E-state index is 0.424. The molecule has 1 aromatic heterocycles. The molecule has 0 saturated carbocycles. The van der Waals surface area contributed by atoms with Crippen LogP contribution in [0.3, 0.4) is 0 Å². The molecule has 0 N–H and O–H groups in total. The van der Waals surface area contributed by atoms with Gasteiger partial charge in [0.05, 0.1) is 12.4 Å². The van der Waals surface area contributed by atoms with Crippen molar-refractivity contribution in [1.29, 1.82) is 0 Å². The lowest BCUT2D eigenvalue weighted by Gasteiger charge is -2.22. The van der Waals surface area contributed by atoms with Crippen LogP contribution in [-0.2, 0) is 6.42 Å². The summed E-state index contributed by atoms with van der Waals surface area (Å²) in [4.78, 5) is 8.99. The van der Waals surface area contributed by atoms with Crippen LogP contribution in [0, 0.1) is 13.2 Å². The fourth-order valence-corrected chi connectivity index (χ4v) is 4.78. The molecule has 0 fully saturated rings. The number of hydrogen-bond acceptors (Lipinski definition) is 2. The van der Waals surface area contributed by atoms with Gasteiger partial charge in [0.15, 0.2) is 0 Å². The van der Waals surface area contributed by atoms with Crippen molar-refractivity contribution >= 4 is 6.21 Å². The molecule has 4 nitrogen and oxygen atoms in total. The lowest BCUT2D eigenvalue weighted by molar-refractivity contribution is 0.806. The van der Waals surface area contributed by atoms with Crippen LogP contribution in [0.25, 0.3) is 17.1 Å². The predicted molar refractivity (Wildman–Crippen MR) is 144 cm³/mol. The third kappa shape index (κ3) is 4.69. The lowest BCUT2D eigenvalue weighted by atomic mass is 9.92. The van der Waals surface area contributed by atoms with Crippen molar-refractivity contribution in [3.63, 3.8) is 0 Å². The van der Waals surface area contributed by atoms with Gasteiger partial charge in [0, 0.05) is 24.2 Å². The number of nitrogens with zero attached hydrogens (tertiary/aromatic N) is 4. The van der Waals surface area contributed by atoms with Crippen molar-refractivity contribution in [2.75, 3.05) is 0 Å². The number of aliphatic imine (C=N–C) groups is 1. The fourth-order valence-electron chi connectivity index (χ4n) is 4.78. The van der Waals surface area contributed by atoms with Gasteiger partial charge in [-0.1, -0.05) is 70.6 Å². The Bertz CT molecular complexity index is 1400. The van der Waals surface area contributed by atoms with E-state index in [0.717, 1.165) is 23.2 Å². The van der Waals surface area contributed by atoms with Gasteiger partial charge in [-0.05, 0) is 41.0 Å². The standard InChI is InChI=1S/C31H32N4/c1-22(2)28-12-7-13-29(23(3)4)30(28)35-17-15-33-31(35)26-10-5-8-24(19-26)18-25-9-6-11-27(20-25)34-16-14-32-21-34/h5-17,19-23H,18H2,1-4H3/q-2. The van der Waals surface area contributed by atoms with Crippen LogP contribution in [-0.4, -0.2) is 15.8 Å².